The Balaban J connectivity index is 0.00000320. The Morgan fingerprint density at radius 3 is 2.63 bits per heavy atom. The summed E-state index contributed by atoms with van der Waals surface area (Å²) in [6.45, 7) is 11.0. The Morgan fingerprint density at radius 2 is 1.97 bits per heavy atom. The van der Waals surface area contributed by atoms with Crippen molar-refractivity contribution in [1.82, 2.24) is 25.4 Å². The molecular weight excluding hydrogens is 491 g/mol. The summed E-state index contributed by atoms with van der Waals surface area (Å²) in [5, 5.41) is 10.8. The van der Waals surface area contributed by atoms with Crippen LogP contribution in [0.5, 0.6) is 0 Å². The van der Waals surface area contributed by atoms with E-state index in [1.165, 1.54) is 5.56 Å². The maximum atomic E-state index is 5.84. The molecule has 162 valence electrons. The molecule has 2 aromatic heterocycles. The lowest BCUT2D eigenvalue weighted by Crippen LogP contribution is -2.36. The van der Waals surface area contributed by atoms with Crippen LogP contribution in [-0.4, -0.2) is 27.3 Å². The highest BCUT2D eigenvalue weighted by Crippen LogP contribution is 2.22. The van der Waals surface area contributed by atoms with E-state index in [4.69, 9.17) is 9.41 Å². The van der Waals surface area contributed by atoms with Gasteiger partial charge in [-0.15, -0.1) is 24.0 Å². The van der Waals surface area contributed by atoms with Crippen molar-refractivity contribution in [2.45, 2.75) is 52.7 Å². The highest BCUT2D eigenvalue weighted by atomic mass is 127. The number of aliphatic imine (C=N–C) groups is 1. The molecule has 0 aliphatic heterocycles. The molecule has 0 saturated carbocycles. The molecular formula is C22H31IN6O. The van der Waals surface area contributed by atoms with E-state index in [9.17, 15) is 0 Å². The van der Waals surface area contributed by atoms with Crippen molar-refractivity contribution in [3.05, 3.63) is 71.7 Å². The van der Waals surface area contributed by atoms with Crippen LogP contribution in [0.3, 0.4) is 0 Å². The van der Waals surface area contributed by atoms with Gasteiger partial charge in [-0.25, -0.2) is 9.98 Å². The number of nitrogens with one attached hydrogen (secondary N) is 2. The number of aromatic nitrogens is 3. The summed E-state index contributed by atoms with van der Waals surface area (Å²) < 4.78 is 7.75. The van der Waals surface area contributed by atoms with Crippen LogP contribution in [0.2, 0.25) is 0 Å². The number of rotatable bonds is 7. The number of guanidine groups is 1. The average Bonchev–Trinajstić information content (AvgIpc) is 3.36. The summed E-state index contributed by atoms with van der Waals surface area (Å²) in [4.78, 5) is 9.05. The van der Waals surface area contributed by atoms with Crippen LogP contribution < -0.4 is 10.6 Å². The first-order valence-electron chi connectivity index (χ1n) is 9.96. The molecule has 0 atom stereocenters. The van der Waals surface area contributed by atoms with Gasteiger partial charge in [0.15, 0.2) is 5.96 Å². The second-order valence-corrected chi connectivity index (χ2v) is 7.94. The van der Waals surface area contributed by atoms with Crippen LogP contribution in [0.15, 0.2) is 58.3 Å². The van der Waals surface area contributed by atoms with Gasteiger partial charge in [0.25, 0.3) is 0 Å². The van der Waals surface area contributed by atoms with Gasteiger partial charge in [-0.05, 0) is 24.1 Å². The third-order valence-corrected chi connectivity index (χ3v) is 4.36. The Morgan fingerprint density at radius 1 is 1.17 bits per heavy atom. The van der Waals surface area contributed by atoms with Crippen LogP contribution in [-0.2, 0) is 25.0 Å². The van der Waals surface area contributed by atoms with Crippen molar-refractivity contribution < 1.29 is 4.42 Å². The Kier molecular flexibility index (Phi) is 8.88. The van der Waals surface area contributed by atoms with Crippen molar-refractivity contribution in [2.75, 3.05) is 6.54 Å². The normalized spacial score (nSPS) is 11.8. The molecule has 30 heavy (non-hydrogen) atoms. The van der Waals surface area contributed by atoms with E-state index >= 15 is 0 Å². The fourth-order valence-corrected chi connectivity index (χ4v) is 2.82. The second-order valence-electron chi connectivity index (χ2n) is 7.94. The van der Waals surface area contributed by atoms with Crippen LogP contribution in [0.25, 0.3) is 0 Å². The Labute approximate surface area is 195 Å². The predicted molar refractivity (Wildman–Crippen MR) is 130 cm³/mol. The summed E-state index contributed by atoms with van der Waals surface area (Å²) in [5.41, 5.74) is 2.30. The van der Waals surface area contributed by atoms with Gasteiger partial charge in [-0.2, -0.15) is 5.10 Å². The number of oxazole rings is 1. The number of hydrogen-bond acceptors (Lipinski definition) is 4. The smallest absolute Gasteiger partial charge is 0.213 e. The molecule has 3 rings (SSSR count). The topological polar surface area (TPSA) is 80.3 Å². The molecule has 0 aliphatic carbocycles. The monoisotopic (exact) mass is 522 g/mol. The Bertz CT molecular complexity index is 927. The van der Waals surface area contributed by atoms with E-state index < -0.39 is 0 Å². The van der Waals surface area contributed by atoms with Crippen molar-refractivity contribution in [1.29, 1.82) is 0 Å². The minimum atomic E-state index is -0.0506. The SMILES string of the molecule is CCNC(=NCc1cccc(Cn2cccn2)c1)NCc1ncc(C(C)(C)C)o1.I. The summed E-state index contributed by atoms with van der Waals surface area (Å²) >= 11 is 0. The predicted octanol–water partition coefficient (Wildman–Crippen LogP) is 4.09. The van der Waals surface area contributed by atoms with E-state index in [0.29, 0.717) is 19.0 Å². The van der Waals surface area contributed by atoms with Crippen molar-refractivity contribution in [3.8, 4) is 0 Å². The molecule has 0 spiro atoms. The maximum absolute atomic E-state index is 5.84. The molecule has 8 heteroatoms. The quantitative estimate of drug-likeness (QED) is 0.278. The molecule has 3 aromatic rings. The van der Waals surface area contributed by atoms with Gasteiger partial charge in [0.2, 0.25) is 5.89 Å². The zero-order valence-electron chi connectivity index (χ0n) is 18.1. The third kappa shape index (κ3) is 7.16. The molecule has 1 aromatic carbocycles. The van der Waals surface area contributed by atoms with Gasteiger partial charge >= 0.3 is 0 Å². The lowest BCUT2D eigenvalue weighted by atomic mass is 9.94. The van der Waals surface area contributed by atoms with E-state index in [1.807, 2.05) is 23.9 Å². The van der Waals surface area contributed by atoms with Gasteiger partial charge in [-0.3, -0.25) is 4.68 Å². The lowest BCUT2D eigenvalue weighted by Gasteiger charge is -2.13. The second kappa shape index (κ2) is 11.1. The molecule has 2 N–H and O–H groups in total. The van der Waals surface area contributed by atoms with Crippen LogP contribution >= 0.6 is 24.0 Å². The first-order chi connectivity index (χ1) is 13.9. The summed E-state index contributed by atoms with van der Waals surface area (Å²) in [7, 11) is 0. The van der Waals surface area contributed by atoms with Gasteiger partial charge in [0.1, 0.15) is 5.76 Å². The lowest BCUT2D eigenvalue weighted by molar-refractivity contribution is 0.379. The fraction of sp³-hybridized carbons (Fsp3) is 0.409. The van der Waals surface area contributed by atoms with Crippen LogP contribution in [0.4, 0.5) is 0 Å². The molecule has 0 unspecified atom stereocenters. The number of nitrogens with zero attached hydrogens (tertiary/aromatic N) is 4. The van der Waals surface area contributed by atoms with E-state index in [0.717, 1.165) is 30.4 Å². The number of benzene rings is 1. The molecule has 0 bridgehead atoms. The minimum Gasteiger partial charge on any atom is -0.443 e. The minimum absolute atomic E-state index is 0. The molecule has 0 fully saturated rings. The van der Waals surface area contributed by atoms with Crippen molar-refractivity contribution in [2.24, 2.45) is 4.99 Å². The van der Waals surface area contributed by atoms with Crippen LogP contribution in [0.1, 0.15) is 50.5 Å². The average molecular weight is 522 g/mol. The Hall–Kier alpha value is -2.36. The van der Waals surface area contributed by atoms with E-state index in [1.54, 1.807) is 12.4 Å². The summed E-state index contributed by atoms with van der Waals surface area (Å²) in [6, 6.07) is 10.3. The third-order valence-electron chi connectivity index (χ3n) is 4.36. The number of halogens is 1. The standard InChI is InChI=1S/C22H30N6O.HI/c1-5-23-21(26-15-20-24-14-19(29-20)22(2,3)4)25-13-17-8-6-9-18(12-17)16-28-11-7-10-27-28;/h6-12,14H,5,13,15-16H2,1-4H3,(H2,23,25,26);1H. The van der Waals surface area contributed by atoms with Crippen molar-refractivity contribution >= 4 is 29.9 Å². The van der Waals surface area contributed by atoms with Gasteiger partial charge < -0.3 is 15.1 Å². The number of hydrogen-bond donors (Lipinski definition) is 2. The molecule has 0 amide bonds. The first kappa shape index (κ1) is 23.9. The molecule has 0 aliphatic rings. The maximum Gasteiger partial charge on any atom is 0.213 e. The first-order valence-corrected chi connectivity index (χ1v) is 9.96. The van der Waals surface area contributed by atoms with Gasteiger partial charge in [0, 0.05) is 24.4 Å². The summed E-state index contributed by atoms with van der Waals surface area (Å²) in [5.74, 6) is 2.27. The highest BCUT2D eigenvalue weighted by molar-refractivity contribution is 14.0. The molecule has 2 heterocycles. The largest absolute Gasteiger partial charge is 0.443 e. The van der Waals surface area contributed by atoms with E-state index in [2.05, 4.69) is 65.8 Å². The molecule has 0 radical (unpaired) electrons. The molecule has 0 saturated heterocycles. The van der Waals surface area contributed by atoms with Gasteiger partial charge in [-0.1, -0.05) is 45.0 Å². The fourth-order valence-electron chi connectivity index (χ4n) is 2.82. The molecule has 7 nitrogen and oxygen atoms in total. The summed E-state index contributed by atoms with van der Waals surface area (Å²) in [6.07, 6.45) is 5.55. The highest BCUT2D eigenvalue weighted by Gasteiger charge is 2.19. The van der Waals surface area contributed by atoms with E-state index in [-0.39, 0.29) is 29.4 Å². The zero-order valence-corrected chi connectivity index (χ0v) is 20.4. The van der Waals surface area contributed by atoms with Crippen molar-refractivity contribution in [3.63, 3.8) is 0 Å². The zero-order chi connectivity index (χ0) is 20.7. The van der Waals surface area contributed by atoms with Gasteiger partial charge in [0.05, 0.1) is 25.8 Å². The van der Waals surface area contributed by atoms with Crippen LogP contribution in [0, 0.1) is 0 Å².